The van der Waals surface area contributed by atoms with Gasteiger partial charge in [-0.05, 0) is 43.7 Å². The number of Topliss-reactive ketones (excluding diaryl/α,β-unsaturated/α-hetero) is 1. The van der Waals surface area contributed by atoms with Crippen LogP contribution in [0.1, 0.15) is 35.8 Å². The van der Waals surface area contributed by atoms with Crippen molar-refractivity contribution in [3.63, 3.8) is 0 Å². The Kier molecular flexibility index (Phi) is 5.84. The highest BCUT2D eigenvalue weighted by Crippen LogP contribution is 2.21. The first-order valence-electron chi connectivity index (χ1n) is 8.90. The highest BCUT2D eigenvalue weighted by atomic mass is 16.5. The number of nitrogens with zero attached hydrogens (tertiary/aromatic N) is 4. The third kappa shape index (κ3) is 4.43. The molecule has 1 amide bonds. The predicted molar refractivity (Wildman–Crippen MR) is 104 cm³/mol. The van der Waals surface area contributed by atoms with Crippen LogP contribution in [-0.4, -0.2) is 45.0 Å². The van der Waals surface area contributed by atoms with E-state index in [4.69, 9.17) is 4.74 Å². The molecule has 0 unspecified atom stereocenters. The zero-order valence-electron chi connectivity index (χ0n) is 16.1. The maximum absolute atomic E-state index is 12.5. The lowest BCUT2D eigenvalue weighted by atomic mass is 10.1. The minimum absolute atomic E-state index is 0.0446. The Bertz CT molecular complexity index is 952. The van der Waals surface area contributed by atoms with Crippen LogP contribution in [0.4, 0.5) is 0 Å². The molecule has 28 heavy (non-hydrogen) atoms. The van der Waals surface area contributed by atoms with Gasteiger partial charge < -0.3 is 9.64 Å². The molecule has 144 valence electrons. The maximum Gasteiger partial charge on any atom is 0.260 e. The lowest BCUT2D eigenvalue weighted by Gasteiger charge is -2.25. The third-order valence-electron chi connectivity index (χ3n) is 4.64. The fraction of sp³-hybridized carbons (Fsp3) is 0.238. The van der Waals surface area contributed by atoms with Gasteiger partial charge in [-0.15, -0.1) is 0 Å². The van der Waals surface area contributed by atoms with Crippen molar-refractivity contribution in [1.29, 1.82) is 0 Å². The Morgan fingerprint density at radius 2 is 1.93 bits per heavy atom. The van der Waals surface area contributed by atoms with Crippen LogP contribution in [0.25, 0.3) is 5.69 Å². The van der Waals surface area contributed by atoms with Gasteiger partial charge in [0.15, 0.2) is 12.4 Å². The van der Waals surface area contributed by atoms with Gasteiger partial charge in [-0.25, -0.2) is 9.67 Å². The average Bonchev–Trinajstić information content (AvgIpc) is 3.26. The zero-order chi connectivity index (χ0) is 20.1. The Morgan fingerprint density at radius 3 is 2.57 bits per heavy atom. The fourth-order valence-electron chi connectivity index (χ4n) is 2.74. The van der Waals surface area contributed by atoms with E-state index in [1.165, 1.54) is 13.3 Å². The molecule has 1 heterocycles. The van der Waals surface area contributed by atoms with Crippen molar-refractivity contribution < 1.29 is 14.3 Å². The van der Waals surface area contributed by atoms with Gasteiger partial charge in [0.05, 0.1) is 11.7 Å². The number of amides is 1. The molecule has 1 aromatic heterocycles. The highest BCUT2D eigenvalue weighted by molar-refractivity contribution is 5.94. The summed E-state index contributed by atoms with van der Waals surface area (Å²) >= 11 is 0. The van der Waals surface area contributed by atoms with Crippen LogP contribution in [0.3, 0.4) is 0 Å². The molecular weight excluding hydrogens is 356 g/mol. The first kappa shape index (κ1) is 19.3. The van der Waals surface area contributed by atoms with Crippen molar-refractivity contribution in [2.45, 2.75) is 19.9 Å². The van der Waals surface area contributed by atoms with E-state index in [0.29, 0.717) is 11.3 Å². The van der Waals surface area contributed by atoms with Gasteiger partial charge in [-0.1, -0.05) is 24.3 Å². The second-order valence-corrected chi connectivity index (χ2v) is 6.48. The zero-order valence-corrected chi connectivity index (χ0v) is 16.1. The molecule has 7 heteroatoms. The Labute approximate surface area is 163 Å². The van der Waals surface area contributed by atoms with Crippen LogP contribution in [0.5, 0.6) is 5.75 Å². The number of carbonyl (C=O) groups excluding carboxylic acids is 2. The van der Waals surface area contributed by atoms with E-state index in [-0.39, 0.29) is 24.3 Å². The van der Waals surface area contributed by atoms with E-state index in [1.807, 2.05) is 31.2 Å². The minimum atomic E-state index is -0.152. The number of rotatable bonds is 7. The van der Waals surface area contributed by atoms with Gasteiger partial charge in [0.25, 0.3) is 5.91 Å². The van der Waals surface area contributed by atoms with Crippen LogP contribution in [0.2, 0.25) is 0 Å². The van der Waals surface area contributed by atoms with Gasteiger partial charge in [0.1, 0.15) is 18.4 Å². The van der Waals surface area contributed by atoms with Crippen LogP contribution < -0.4 is 4.74 Å². The smallest absolute Gasteiger partial charge is 0.260 e. The molecule has 0 bridgehead atoms. The topological polar surface area (TPSA) is 77.3 Å². The van der Waals surface area contributed by atoms with E-state index in [9.17, 15) is 9.59 Å². The molecule has 0 saturated heterocycles. The number of likely N-dealkylation sites (N-methyl/N-ethyl adjacent to an activating group) is 1. The van der Waals surface area contributed by atoms with Crippen molar-refractivity contribution in [3.05, 3.63) is 72.3 Å². The van der Waals surface area contributed by atoms with Gasteiger partial charge in [0, 0.05) is 12.6 Å². The first-order chi connectivity index (χ1) is 13.5. The van der Waals surface area contributed by atoms with Crippen LogP contribution in [0.15, 0.2) is 61.2 Å². The molecule has 2 aromatic carbocycles. The second-order valence-electron chi connectivity index (χ2n) is 6.48. The quantitative estimate of drug-likeness (QED) is 0.591. The molecule has 3 rings (SSSR count). The summed E-state index contributed by atoms with van der Waals surface area (Å²) in [5.74, 6) is 0.303. The summed E-state index contributed by atoms with van der Waals surface area (Å²) in [7, 11) is 1.74. The number of ether oxygens (including phenoxy) is 1. The molecule has 0 fully saturated rings. The third-order valence-corrected chi connectivity index (χ3v) is 4.64. The summed E-state index contributed by atoms with van der Waals surface area (Å²) in [5, 5.41) is 4.10. The lowest BCUT2D eigenvalue weighted by molar-refractivity contribution is -0.134. The molecule has 0 spiro atoms. The minimum Gasteiger partial charge on any atom is -0.484 e. The molecule has 0 aliphatic carbocycles. The van der Waals surface area contributed by atoms with Crippen LogP contribution in [-0.2, 0) is 4.79 Å². The first-order valence-corrected chi connectivity index (χ1v) is 8.90. The Balaban J connectivity index is 1.61. The molecule has 7 nitrogen and oxygen atoms in total. The number of hydrogen-bond donors (Lipinski definition) is 0. The SMILES string of the molecule is CC(=O)c1cccc(OCC(=O)N(C)[C@H](C)c2ccc(-n3cncn3)cc2)c1. The van der Waals surface area contributed by atoms with E-state index >= 15 is 0 Å². The maximum atomic E-state index is 12.5. The van der Waals surface area contributed by atoms with Crippen LogP contribution in [0, 0.1) is 0 Å². The standard InChI is InChI=1S/C21H22N4O3/c1-15(17-7-9-19(10-8-17)25-14-22-13-23-25)24(3)21(27)12-28-20-6-4-5-18(11-20)16(2)26/h4-11,13-15H,12H2,1-3H3/t15-/m1/s1. The summed E-state index contributed by atoms with van der Waals surface area (Å²) in [6, 6.07) is 14.5. The van der Waals surface area contributed by atoms with E-state index in [0.717, 1.165) is 11.3 Å². The largest absolute Gasteiger partial charge is 0.484 e. The fourth-order valence-corrected chi connectivity index (χ4v) is 2.74. The van der Waals surface area contributed by atoms with E-state index in [2.05, 4.69) is 10.1 Å². The van der Waals surface area contributed by atoms with Crippen molar-refractivity contribution in [2.24, 2.45) is 0 Å². The van der Waals surface area contributed by atoms with Crippen molar-refractivity contribution in [3.8, 4) is 11.4 Å². The molecule has 3 aromatic rings. The number of ketones is 1. The monoisotopic (exact) mass is 378 g/mol. The van der Waals surface area contributed by atoms with E-state index in [1.54, 1.807) is 47.2 Å². The van der Waals surface area contributed by atoms with Gasteiger partial charge in [-0.2, -0.15) is 5.10 Å². The number of hydrogen-bond acceptors (Lipinski definition) is 5. The average molecular weight is 378 g/mol. The van der Waals surface area contributed by atoms with Gasteiger partial charge in [0.2, 0.25) is 0 Å². The molecule has 0 radical (unpaired) electrons. The summed E-state index contributed by atoms with van der Waals surface area (Å²) in [6.45, 7) is 3.35. The van der Waals surface area contributed by atoms with E-state index < -0.39 is 0 Å². The molecule has 1 atom stereocenters. The molecule has 0 saturated carbocycles. The predicted octanol–water partition coefficient (Wildman–Crippen LogP) is 3.07. The molecule has 0 aliphatic rings. The van der Waals surface area contributed by atoms with Crippen molar-refractivity contribution in [2.75, 3.05) is 13.7 Å². The number of benzene rings is 2. The number of carbonyl (C=O) groups is 2. The van der Waals surface area contributed by atoms with Gasteiger partial charge >= 0.3 is 0 Å². The van der Waals surface area contributed by atoms with Crippen molar-refractivity contribution in [1.82, 2.24) is 19.7 Å². The van der Waals surface area contributed by atoms with Crippen molar-refractivity contribution >= 4 is 11.7 Å². The highest BCUT2D eigenvalue weighted by Gasteiger charge is 2.18. The summed E-state index contributed by atoms with van der Waals surface area (Å²) in [6.07, 6.45) is 3.11. The second kappa shape index (κ2) is 8.47. The summed E-state index contributed by atoms with van der Waals surface area (Å²) < 4.78 is 7.24. The van der Waals surface area contributed by atoms with Crippen LogP contribution >= 0.6 is 0 Å². The van der Waals surface area contributed by atoms with Gasteiger partial charge in [-0.3, -0.25) is 9.59 Å². The normalized spacial score (nSPS) is 11.7. The molecule has 0 N–H and O–H groups in total. The Morgan fingerprint density at radius 1 is 1.18 bits per heavy atom. The summed E-state index contributed by atoms with van der Waals surface area (Å²) in [5.41, 5.74) is 2.45. The number of aromatic nitrogens is 3. The summed E-state index contributed by atoms with van der Waals surface area (Å²) in [4.78, 5) is 29.5. The lowest BCUT2D eigenvalue weighted by Crippen LogP contribution is -2.33. The molecular formula is C21H22N4O3. The Hall–Kier alpha value is -3.48. The molecule has 0 aliphatic heterocycles.